The SMILES string of the molecule is NCCCc1cc(-c2cc3ccccc3o2)ccn1. The van der Waals surface area contributed by atoms with Crippen LogP contribution < -0.4 is 5.73 Å². The quantitative estimate of drug-likeness (QED) is 0.774. The van der Waals surface area contributed by atoms with E-state index in [1.54, 1.807) is 0 Å². The molecule has 3 rings (SSSR count). The van der Waals surface area contributed by atoms with E-state index in [1.165, 1.54) is 0 Å². The number of hydrogen-bond acceptors (Lipinski definition) is 3. The number of aromatic nitrogens is 1. The fourth-order valence-electron chi connectivity index (χ4n) is 2.18. The standard InChI is InChI=1S/C16H16N2O/c17-8-3-5-14-10-13(7-9-18-14)16-11-12-4-1-2-6-15(12)19-16/h1-2,4,6-7,9-11H,3,5,8,17H2. The van der Waals surface area contributed by atoms with Crippen molar-refractivity contribution in [1.82, 2.24) is 4.98 Å². The number of rotatable bonds is 4. The van der Waals surface area contributed by atoms with Crippen LogP contribution in [0.3, 0.4) is 0 Å². The highest BCUT2D eigenvalue weighted by atomic mass is 16.3. The topological polar surface area (TPSA) is 52.0 Å². The number of benzene rings is 1. The van der Waals surface area contributed by atoms with Gasteiger partial charge in [0.05, 0.1) is 0 Å². The Hall–Kier alpha value is -2.13. The molecule has 0 saturated heterocycles. The predicted molar refractivity (Wildman–Crippen MR) is 76.8 cm³/mol. The molecule has 0 bridgehead atoms. The lowest BCUT2D eigenvalue weighted by Crippen LogP contribution is -2.01. The van der Waals surface area contributed by atoms with E-state index in [1.807, 2.05) is 30.5 Å². The van der Waals surface area contributed by atoms with Gasteiger partial charge in [0.1, 0.15) is 11.3 Å². The number of fused-ring (bicyclic) bond motifs is 1. The Morgan fingerprint density at radius 2 is 2.00 bits per heavy atom. The fraction of sp³-hybridized carbons (Fsp3) is 0.188. The molecule has 1 aromatic carbocycles. The second-order valence-electron chi connectivity index (χ2n) is 4.58. The van der Waals surface area contributed by atoms with Gasteiger partial charge in [-0.15, -0.1) is 0 Å². The van der Waals surface area contributed by atoms with Crippen molar-refractivity contribution < 1.29 is 4.42 Å². The molecule has 3 heteroatoms. The maximum Gasteiger partial charge on any atom is 0.135 e. The minimum atomic E-state index is 0.691. The van der Waals surface area contributed by atoms with Crippen molar-refractivity contribution in [3.05, 3.63) is 54.4 Å². The molecule has 3 nitrogen and oxygen atoms in total. The van der Waals surface area contributed by atoms with Gasteiger partial charge >= 0.3 is 0 Å². The van der Waals surface area contributed by atoms with E-state index in [0.717, 1.165) is 40.8 Å². The van der Waals surface area contributed by atoms with E-state index in [2.05, 4.69) is 23.2 Å². The molecule has 0 aliphatic rings. The lowest BCUT2D eigenvalue weighted by Gasteiger charge is -2.01. The zero-order valence-electron chi connectivity index (χ0n) is 10.7. The number of furan rings is 1. The molecule has 0 fully saturated rings. The summed E-state index contributed by atoms with van der Waals surface area (Å²) in [6.07, 6.45) is 3.69. The summed E-state index contributed by atoms with van der Waals surface area (Å²) in [5, 5.41) is 1.12. The lowest BCUT2D eigenvalue weighted by molar-refractivity contribution is 0.631. The Morgan fingerprint density at radius 1 is 1.11 bits per heavy atom. The number of aryl methyl sites for hydroxylation is 1. The number of hydrogen-bond donors (Lipinski definition) is 1. The van der Waals surface area contributed by atoms with Gasteiger partial charge in [-0.05, 0) is 43.7 Å². The minimum Gasteiger partial charge on any atom is -0.456 e. The Bertz CT molecular complexity index is 655. The van der Waals surface area contributed by atoms with Crippen LogP contribution in [-0.4, -0.2) is 11.5 Å². The largest absolute Gasteiger partial charge is 0.456 e. The molecule has 0 aliphatic heterocycles. The molecule has 96 valence electrons. The molecule has 0 aliphatic carbocycles. The van der Waals surface area contributed by atoms with Gasteiger partial charge in [-0.25, -0.2) is 0 Å². The van der Waals surface area contributed by atoms with E-state index in [0.29, 0.717) is 6.54 Å². The molecule has 0 unspecified atom stereocenters. The second kappa shape index (κ2) is 5.24. The van der Waals surface area contributed by atoms with Crippen molar-refractivity contribution >= 4 is 11.0 Å². The van der Waals surface area contributed by atoms with Gasteiger partial charge in [0.25, 0.3) is 0 Å². The molecule has 0 saturated carbocycles. The molecule has 19 heavy (non-hydrogen) atoms. The van der Waals surface area contributed by atoms with Crippen molar-refractivity contribution in [3.63, 3.8) is 0 Å². The molecule has 3 aromatic rings. The average molecular weight is 252 g/mol. The molecular formula is C16H16N2O. The lowest BCUT2D eigenvalue weighted by atomic mass is 10.1. The van der Waals surface area contributed by atoms with Gasteiger partial charge in [0.15, 0.2) is 0 Å². The van der Waals surface area contributed by atoms with Crippen molar-refractivity contribution in [3.8, 4) is 11.3 Å². The third kappa shape index (κ3) is 2.51. The van der Waals surface area contributed by atoms with Crippen LogP contribution in [0.2, 0.25) is 0 Å². The number of nitrogens with two attached hydrogens (primary N) is 1. The van der Waals surface area contributed by atoms with Crippen LogP contribution in [0.5, 0.6) is 0 Å². The summed E-state index contributed by atoms with van der Waals surface area (Å²) in [5.74, 6) is 0.887. The Labute approximate surface area is 112 Å². The Balaban J connectivity index is 1.96. The van der Waals surface area contributed by atoms with E-state index in [9.17, 15) is 0 Å². The molecule has 2 heterocycles. The van der Waals surface area contributed by atoms with Crippen LogP contribution in [-0.2, 0) is 6.42 Å². The van der Waals surface area contributed by atoms with Gasteiger partial charge in [-0.3, -0.25) is 4.98 Å². The fourth-order valence-corrected chi connectivity index (χ4v) is 2.18. The third-order valence-electron chi connectivity index (χ3n) is 3.16. The van der Waals surface area contributed by atoms with Crippen LogP contribution in [0, 0.1) is 0 Å². The first kappa shape index (κ1) is 11.9. The Morgan fingerprint density at radius 3 is 2.84 bits per heavy atom. The van der Waals surface area contributed by atoms with Gasteiger partial charge in [0.2, 0.25) is 0 Å². The van der Waals surface area contributed by atoms with Crippen LogP contribution >= 0.6 is 0 Å². The smallest absolute Gasteiger partial charge is 0.135 e. The number of nitrogens with zero attached hydrogens (tertiary/aromatic N) is 1. The van der Waals surface area contributed by atoms with Gasteiger partial charge in [-0.1, -0.05) is 18.2 Å². The first-order chi connectivity index (χ1) is 9.36. The van der Waals surface area contributed by atoms with Gasteiger partial charge in [0, 0.05) is 22.8 Å². The monoisotopic (exact) mass is 252 g/mol. The molecular weight excluding hydrogens is 236 g/mol. The summed E-state index contributed by atoms with van der Waals surface area (Å²) in [7, 11) is 0. The molecule has 0 radical (unpaired) electrons. The van der Waals surface area contributed by atoms with E-state index < -0.39 is 0 Å². The summed E-state index contributed by atoms with van der Waals surface area (Å²) < 4.78 is 5.86. The average Bonchev–Trinajstić information content (AvgIpc) is 2.89. The van der Waals surface area contributed by atoms with Gasteiger partial charge in [-0.2, -0.15) is 0 Å². The highest BCUT2D eigenvalue weighted by Gasteiger charge is 2.06. The van der Waals surface area contributed by atoms with E-state index >= 15 is 0 Å². The zero-order valence-corrected chi connectivity index (χ0v) is 10.7. The number of pyridine rings is 1. The summed E-state index contributed by atoms with van der Waals surface area (Å²) in [5.41, 5.74) is 8.57. The molecule has 2 aromatic heterocycles. The van der Waals surface area contributed by atoms with E-state index in [4.69, 9.17) is 10.2 Å². The first-order valence-corrected chi connectivity index (χ1v) is 6.51. The van der Waals surface area contributed by atoms with Crippen LogP contribution in [0.15, 0.2) is 53.1 Å². The summed E-state index contributed by atoms with van der Waals surface area (Å²) in [4.78, 5) is 4.36. The normalized spacial score (nSPS) is 11.0. The van der Waals surface area contributed by atoms with Crippen LogP contribution in [0.1, 0.15) is 12.1 Å². The summed E-state index contributed by atoms with van der Waals surface area (Å²) in [6.45, 7) is 0.691. The molecule has 0 amide bonds. The third-order valence-corrected chi connectivity index (χ3v) is 3.16. The second-order valence-corrected chi connectivity index (χ2v) is 4.58. The molecule has 2 N–H and O–H groups in total. The van der Waals surface area contributed by atoms with Crippen molar-refractivity contribution in [1.29, 1.82) is 0 Å². The minimum absolute atomic E-state index is 0.691. The summed E-state index contributed by atoms with van der Waals surface area (Å²) >= 11 is 0. The van der Waals surface area contributed by atoms with Gasteiger partial charge < -0.3 is 10.2 Å². The number of para-hydroxylation sites is 1. The van der Waals surface area contributed by atoms with Crippen LogP contribution in [0.25, 0.3) is 22.3 Å². The van der Waals surface area contributed by atoms with Crippen molar-refractivity contribution in [2.24, 2.45) is 5.73 Å². The highest BCUT2D eigenvalue weighted by Crippen LogP contribution is 2.27. The molecule has 0 atom stereocenters. The maximum atomic E-state index is 5.86. The summed E-state index contributed by atoms with van der Waals surface area (Å²) in [6, 6.07) is 14.2. The van der Waals surface area contributed by atoms with Crippen molar-refractivity contribution in [2.45, 2.75) is 12.8 Å². The highest BCUT2D eigenvalue weighted by molar-refractivity contribution is 5.82. The van der Waals surface area contributed by atoms with E-state index in [-0.39, 0.29) is 0 Å². The zero-order chi connectivity index (χ0) is 13.1. The van der Waals surface area contributed by atoms with Crippen molar-refractivity contribution in [2.75, 3.05) is 6.54 Å². The van der Waals surface area contributed by atoms with Crippen LogP contribution in [0.4, 0.5) is 0 Å². The Kier molecular flexibility index (Phi) is 3.29. The first-order valence-electron chi connectivity index (χ1n) is 6.51. The predicted octanol–water partition coefficient (Wildman–Crippen LogP) is 3.39. The maximum absolute atomic E-state index is 5.86. The molecule has 0 spiro atoms.